The number of nitrogens with one attached hydrogen (secondary N) is 2. The number of amides is 3. The van der Waals surface area contributed by atoms with Gasteiger partial charge in [-0.05, 0) is 44.0 Å². The number of urea groups is 1. The van der Waals surface area contributed by atoms with Crippen molar-refractivity contribution in [2.45, 2.75) is 52.2 Å². The average molecular weight is 409 g/mol. The summed E-state index contributed by atoms with van der Waals surface area (Å²) in [5.74, 6) is -0.430. The van der Waals surface area contributed by atoms with E-state index < -0.39 is 20.3 Å². The van der Waals surface area contributed by atoms with Gasteiger partial charge in [-0.3, -0.25) is 14.9 Å². The molecule has 9 heteroatoms. The van der Waals surface area contributed by atoms with Crippen LogP contribution in [0.25, 0.3) is 0 Å². The maximum Gasteiger partial charge on any atom is 0.345 e. The molecule has 0 rings (SSSR count). The van der Waals surface area contributed by atoms with Crippen LogP contribution < -0.4 is 10.8 Å². The summed E-state index contributed by atoms with van der Waals surface area (Å²) >= 11 is 2.94. The number of thioether (sulfide) groups is 2. The topological polar surface area (TPSA) is 76.7 Å². The zero-order valence-electron chi connectivity index (χ0n) is 16.6. The van der Waals surface area contributed by atoms with Crippen molar-refractivity contribution in [3.05, 3.63) is 9.81 Å². The number of hydroxylamine groups is 1. The fourth-order valence-electron chi connectivity index (χ4n) is 1.50. The third-order valence-corrected chi connectivity index (χ3v) is 11.0. The number of carbonyl (C=O) groups is 2. The largest absolute Gasteiger partial charge is 0.417 e. The summed E-state index contributed by atoms with van der Waals surface area (Å²) in [6.07, 6.45) is 4.44. The van der Waals surface area contributed by atoms with E-state index >= 15 is 0 Å². The van der Waals surface area contributed by atoms with Gasteiger partial charge in [0.1, 0.15) is 0 Å². The quantitative estimate of drug-likeness (QED) is 0.259. The first-order valence-corrected chi connectivity index (χ1v) is 13.5. The van der Waals surface area contributed by atoms with Gasteiger partial charge in [0.05, 0.1) is 6.61 Å². The number of hydrogen-bond donors (Lipinski definition) is 2. The van der Waals surface area contributed by atoms with Crippen LogP contribution in [0.4, 0.5) is 4.79 Å². The molecule has 0 saturated heterocycles. The monoisotopic (exact) mass is 408 g/mol. The SMILES string of the molecule is CSC(SC)=C(C)C(=O)NC(=O)NOCCCO[Si](C)(C)C(C)(C)C. The molecule has 0 aromatic carbocycles. The minimum absolute atomic E-state index is 0.171. The normalized spacial score (nSPS) is 11.8. The van der Waals surface area contributed by atoms with Crippen molar-refractivity contribution in [1.82, 2.24) is 10.8 Å². The van der Waals surface area contributed by atoms with Crippen LogP contribution in [-0.2, 0) is 14.1 Å². The Balaban J connectivity index is 4.07. The van der Waals surface area contributed by atoms with E-state index in [9.17, 15) is 9.59 Å². The Morgan fingerprint density at radius 2 is 1.64 bits per heavy atom. The van der Waals surface area contributed by atoms with Crippen LogP contribution in [0.5, 0.6) is 0 Å². The molecule has 0 aromatic heterocycles. The van der Waals surface area contributed by atoms with Crippen LogP contribution in [0.15, 0.2) is 9.81 Å². The van der Waals surface area contributed by atoms with Gasteiger partial charge in [-0.2, -0.15) is 0 Å². The van der Waals surface area contributed by atoms with Gasteiger partial charge in [0.25, 0.3) is 5.91 Å². The van der Waals surface area contributed by atoms with Crippen molar-refractivity contribution in [1.29, 1.82) is 0 Å². The van der Waals surface area contributed by atoms with Crippen molar-refractivity contribution in [3.8, 4) is 0 Å². The molecule has 0 aromatic rings. The molecule has 0 aliphatic heterocycles. The Morgan fingerprint density at radius 1 is 1.08 bits per heavy atom. The molecule has 25 heavy (non-hydrogen) atoms. The summed E-state index contributed by atoms with van der Waals surface area (Å²) in [5.41, 5.74) is 2.73. The van der Waals surface area contributed by atoms with Crippen LogP contribution in [0, 0.1) is 0 Å². The highest BCUT2D eigenvalue weighted by Gasteiger charge is 2.36. The summed E-state index contributed by atoms with van der Waals surface area (Å²) < 4.78 is 6.88. The van der Waals surface area contributed by atoms with Gasteiger partial charge < -0.3 is 4.43 Å². The maximum absolute atomic E-state index is 11.9. The van der Waals surface area contributed by atoms with E-state index in [0.29, 0.717) is 25.2 Å². The van der Waals surface area contributed by atoms with Crippen LogP contribution >= 0.6 is 23.5 Å². The molecule has 0 aliphatic rings. The van der Waals surface area contributed by atoms with Gasteiger partial charge in [0, 0.05) is 16.4 Å². The lowest BCUT2D eigenvalue weighted by molar-refractivity contribution is -0.116. The molecular formula is C16H32N2O4S2Si. The van der Waals surface area contributed by atoms with E-state index in [1.807, 2.05) is 12.5 Å². The summed E-state index contributed by atoms with van der Waals surface area (Å²) in [5, 5.41) is 2.41. The molecule has 0 atom stereocenters. The number of carbonyl (C=O) groups excluding carboxylic acids is 2. The van der Waals surface area contributed by atoms with Crippen molar-refractivity contribution >= 4 is 43.8 Å². The second kappa shape index (κ2) is 11.3. The number of hydrogen-bond acceptors (Lipinski definition) is 6. The summed E-state index contributed by atoms with van der Waals surface area (Å²) in [6, 6.07) is -0.670. The molecule has 0 spiro atoms. The second-order valence-corrected chi connectivity index (χ2v) is 13.7. The molecule has 2 N–H and O–H groups in total. The lowest BCUT2D eigenvalue weighted by atomic mass is 10.2. The first-order chi connectivity index (χ1) is 11.5. The van der Waals surface area contributed by atoms with E-state index in [0.717, 1.165) is 4.24 Å². The van der Waals surface area contributed by atoms with Crippen molar-refractivity contribution in [2.24, 2.45) is 0 Å². The third kappa shape index (κ3) is 9.14. The minimum Gasteiger partial charge on any atom is -0.417 e. The predicted molar refractivity (Wildman–Crippen MR) is 110 cm³/mol. The molecule has 0 heterocycles. The Hall–Kier alpha value is -0.483. The fraction of sp³-hybridized carbons (Fsp3) is 0.750. The highest BCUT2D eigenvalue weighted by molar-refractivity contribution is 8.21. The first kappa shape index (κ1) is 24.5. The molecular weight excluding hydrogens is 376 g/mol. The van der Waals surface area contributed by atoms with E-state index in [2.05, 4.69) is 44.7 Å². The van der Waals surface area contributed by atoms with Crippen molar-refractivity contribution < 1.29 is 18.9 Å². The smallest absolute Gasteiger partial charge is 0.345 e. The summed E-state index contributed by atoms with van der Waals surface area (Å²) in [4.78, 5) is 28.7. The molecule has 0 saturated carbocycles. The molecule has 146 valence electrons. The van der Waals surface area contributed by atoms with E-state index in [1.54, 1.807) is 6.92 Å². The molecule has 0 unspecified atom stereocenters. The van der Waals surface area contributed by atoms with Crippen LogP contribution in [0.3, 0.4) is 0 Å². The van der Waals surface area contributed by atoms with Crippen molar-refractivity contribution in [3.63, 3.8) is 0 Å². The standard InChI is InChI=1S/C16H32N2O4S2Si/c1-12(14(23-5)24-6)13(19)17-15(20)18-21-10-9-11-22-25(7,8)16(2,3)4/h9-11H2,1-8H3,(H2,17,18,19,20). The first-order valence-electron chi connectivity index (χ1n) is 8.12. The molecule has 6 nitrogen and oxygen atoms in total. The van der Waals surface area contributed by atoms with Crippen LogP contribution in [-0.4, -0.2) is 46.0 Å². The van der Waals surface area contributed by atoms with E-state index in [-0.39, 0.29) is 5.04 Å². The van der Waals surface area contributed by atoms with Gasteiger partial charge in [0.2, 0.25) is 0 Å². The third-order valence-electron chi connectivity index (χ3n) is 4.07. The van der Waals surface area contributed by atoms with Gasteiger partial charge in [-0.1, -0.05) is 20.8 Å². The molecule has 3 amide bonds. The average Bonchev–Trinajstić information content (AvgIpc) is 2.50. The Labute approximate surface area is 161 Å². The lowest BCUT2D eigenvalue weighted by Gasteiger charge is -2.36. The van der Waals surface area contributed by atoms with Gasteiger partial charge in [0.15, 0.2) is 8.32 Å². The van der Waals surface area contributed by atoms with Gasteiger partial charge in [-0.25, -0.2) is 10.3 Å². The Kier molecular flexibility index (Phi) is 11.1. The minimum atomic E-state index is -1.75. The summed E-state index contributed by atoms with van der Waals surface area (Å²) in [6.45, 7) is 13.6. The maximum atomic E-state index is 11.9. The van der Waals surface area contributed by atoms with Gasteiger partial charge >= 0.3 is 6.03 Å². The fourth-order valence-corrected chi connectivity index (χ4v) is 4.05. The molecule has 0 bridgehead atoms. The molecule has 0 aliphatic carbocycles. The highest BCUT2D eigenvalue weighted by Crippen LogP contribution is 2.36. The van der Waals surface area contributed by atoms with Gasteiger partial charge in [-0.15, -0.1) is 23.5 Å². The lowest BCUT2D eigenvalue weighted by Crippen LogP contribution is -2.41. The van der Waals surface area contributed by atoms with E-state index in [1.165, 1.54) is 23.5 Å². The predicted octanol–water partition coefficient (Wildman–Crippen LogP) is 4.11. The summed E-state index contributed by atoms with van der Waals surface area (Å²) in [7, 11) is -1.75. The van der Waals surface area contributed by atoms with E-state index in [4.69, 9.17) is 9.26 Å². The van der Waals surface area contributed by atoms with Crippen LogP contribution in [0.2, 0.25) is 18.1 Å². The van der Waals surface area contributed by atoms with Crippen molar-refractivity contribution in [2.75, 3.05) is 25.7 Å². The number of imide groups is 1. The molecule has 0 radical (unpaired) electrons. The van der Waals surface area contributed by atoms with Crippen LogP contribution in [0.1, 0.15) is 34.1 Å². The Bertz CT molecular complexity index is 485. The highest BCUT2D eigenvalue weighted by atomic mass is 32.2. The Morgan fingerprint density at radius 3 is 2.12 bits per heavy atom. The number of rotatable bonds is 9. The second-order valence-electron chi connectivity index (χ2n) is 7.02. The molecule has 0 fully saturated rings. The zero-order chi connectivity index (χ0) is 19.7. The zero-order valence-corrected chi connectivity index (χ0v) is 19.2.